The number of hydrogen-bond acceptors (Lipinski definition) is 5. The molecular formula is C23H30N4O3. The summed E-state index contributed by atoms with van der Waals surface area (Å²) in [5.74, 6) is -0.362. The smallest absolute Gasteiger partial charge is 0.313 e. The van der Waals surface area contributed by atoms with Crippen LogP contribution in [0.1, 0.15) is 12.0 Å². The van der Waals surface area contributed by atoms with Gasteiger partial charge < -0.3 is 20.3 Å². The Morgan fingerprint density at radius 3 is 2.23 bits per heavy atom. The Balaban J connectivity index is 1.31. The third kappa shape index (κ3) is 6.22. The zero-order chi connectivity index (χ0) is 21.3. The summed E-state index contributed by atoms with van der Waals surface area (Å²) in [4.78, 5) is 28.7. The SMILES string of the molecule is COc1ccc(N2CCN(CCCNC(=O)C(=O)Nc3ccc(C)cc3)CC2)cc1. The molecule has 7 nitrogen and oxygen atoms in total. The molecular weight excluding hydrogens is 380 g/mol. The molecule has 0 aliphatic carbocycles. The minimum atomic E-state index is -0.632. The lowest BCUT2D eigenvalue weighted by atomic mass is 10.2. The van der Waals surface area contributed by atoms with Crippen molar-refractivity contribution in [3.8, 4) is 5.75 Å². The summed E-state index contributed by atoms with van der Waals surface area (Å²) in [5, 5.41) is 5.31. The molecule has 0 radical (unpaired) electrons. The Bertz CT molecular complexity index is 829. The normalized spacial score (nSPS) is 14.3. The van der Waals surface area contributed by atoms with Crippen LogP contribution < -0.4 is 20.3 Å². The molecule has 0 unspecified atom stereocenters. The lowest BCUT2D eigenvalue weighted by Crippen LogP contribution is -2.47. The van der Waals surface area contributed by atoms with E-state index in [-0.39, 0.29) is 0 Å². The molecule has 1 fully saturated rings. The van der Waals surface area contributed by atoms with Gasteiger partial charge in [0.2, 0.25) is 0 Å². The van der Waals surface area contributed by atoms with Gasteiger partial charge in [-0.2, -0.15) is 0 Å². The number of rotatable bonds is 7. The Morgan fingerprint density at radius 2 is 1.60 bits per heavy atom. The number of amides is 2. The number of piperazine rings is 1. The van der Waals surface area contributed by atoms with Crippen LogP contribution in [0.4, 0.5) is 11.4 Å². The predicted octanol–water partition coefficient (Wildman–Crippen LogP) is 2.27. The van der Waals surface area contributed by atoms with Crippen LogP contribution in [0.5, 0.6) is 5.75 Å². The third-order valence-corrected chi connectivity index (χ3v) is 5.26. The Morgan fingerprint density at radius 1 is 0.933 bits per heavy atom. The van der Waals surface area contributed by atoms with Gasteiger partial charge in [0, 0.05) is 44.1 Å². The van der Waals surface area contributed by atoms with Crippen molar-refractivity contribution >= 4 is 23.2 Å². The van der Waals surface area contributed by atoms with Gasteiger partial charge in [-0.1, -0.05) is 17.7 Å². The highest BCUT2D eigenvalue weighted by molar-refractivity contribution is 6.39. The van der Waals surface area contributed by atoms with Crippen molar-refractivity contribution in [3.05, 3.63) is 54.1 Å². The van der Waals surface area contributed by atoms with Crippen molar-refractivity contribution in [2.45, 2.75) is 13.3 Å². The first-order valence-corrected chi connectivity index (χ1v) is 10.3. The van der Waals surface area contributed by atoms with Gasteiger partial charge in [-0.25, -0.2) is 0 Å². The first-order chi connectivity index (χ1) is 14.5. The van der Waals surface area contributed by atoms with Crippen molar-refractivity contribution in [1.29, 1.82) is 0 Å². The monoisotopic (exact) mass is 410 g/mol. The van der Waals surface area contributed by atoms with Crippen LogP contribution in [-0.4, -0.2) is 63.1 Å². The number of nitrogens with one attached hydrogen (secondary N) is 2. The lowest BCUT2D eigenvalue weighted by Gasteiger charge is -2.36. The molecule has 0 atom stereocenters. The summed E-state index contributed by atoms with van der Waals surface area (Å²) in [5.41, 5.74) is 2.93. The average molecular weight is 411 g/mol. The zero-order valence-corrected chi connectivity index (χ0v) is 17.7. The number of aryl methyl sites for hydroxylation is 1. The van der Waals surface area contributed by atoms with Gasteiger partial charge in [0.15, 0.2) is 0 Å². The maximum Gasteiger partial charge on any atom is 0.313 e. The first-order valence-electron chi connectivity index (χ1n) is 10.3. The summed E-state index contributed by atoms with van der Waals surface area (Å²) in [6.45, 7) is 7.25. The van der Waals surface area contributed by atoms with E-state index in [1.165, 1.54) is 5.69 Å². The molecule has 7 heteroatoms. The molecule has 0 aromatic heterocycles. The molecule has 160 valence electrons. The summed E-state index contributed by atoms with van der Waals surface area (Å²) in [6.07, 6.45) is 0.812. The maximum absolute atomic E-state index is 12.0. The van der Waals surface area contributed by atoms with E-state index in [0.717, 1.165) is 50.5 Å². The minimum Gasteiger partial charge on any atom is -0.497 e. The molecule has 1 saturated heterocycles. The second kappa shape index (κ2) is 10.6. The van der Waals surface area contributed by atoms with Crippen molar-refractivity contribution < 1.29 is 14.3 Å². The van der Waals surface area contributed by atoms with Crippen LogP contribution in [0.3, 0.4) is 0 Å². The number of nitrogens with zero attached hydrogens (tertiary/aromatic N) is 2. The van der Waals surface area contributed by atoms with Crippen LogP contribution in [0, 0.1) is 6.92 Å². The number of methoxy groups -OCH3 is 1. The minimum absolute atomic E-state index is 0.485. The van der Waals surface area contributed by atoms with Crippen LogP contribution in [-0.2, 0) is 9.59 Å². The highest BCUT2D eigenvalue weighted by Gasteiger charge is 2.17. The Kier molecular flexibility index (Phi) is 7.68. The molecule has 3 rings (SSSR count). The van der Waals surface area contributed by atoms with Gasteiger partial charge >= 0.3 is 11.8 Å². The number of ether oxygens (including phenoxy) is 1. The molecule has 2 amide bonds. The van der Waals surface area contributed by atoms with Gasteiger partial charge in [0.05, 0.1) is 7.11 Å². The highest BCUT2D eigenvalue weighted by Crippen LogP contribution is 2.20. The molecule has 1 aliphatic heterocycles. The van der Waals surface area contributed by atoms with Gasteiger partial charge in [-0.3, -0.25) is 14.5 Å². The van der Waals surface area contributed by atoms with Crippen molar-refractivity contribution in [2.24, 2.45) is 0 Å². The molecule has 2 aromatic rings. The second-order valence-corrected chi connectivity index (χ2v) is 7.46. The summed E-state index contributed by atoms with van der Waals surface area (Å²) in [7, 11) is 1.67. The molecule has 0 bridgehead atoms. The number of hydrogen-bond donors (Lipinski definition) is 2. The van der Waals surface area contributed by atoms with Crippen molar-refractivity contribution in [2.75, 3.05) is 56.6 Å². The van der Waals surface area contributed by atoms with E-state index in [1.807, 2.05) is 31.2 Å². The summed E-state index contributed by atoms with van der Waals surface area (Å²) >= 11 is 0. The van der Waals surface area contributed by atoms with Crippen LogP contribution >= 0.6 is 0 Å². The third-order valence-electron chi connectivity index (χ3n) is 5.26. The van der Waals surface area contributed by atoms with E-state index < -0.39 is 11.8 Å². The second-order valence-electron chi connectivity index (χ2n) is 7.46. The summed E-state index contributed by atoms with van der Waals surface area (Å²) < 4.78 is 5.21. The molecule has 2 aromatic carbocycles. The first kappa shape index (κ1) is 21.6. The van der Waals surface area contributed by atoms with Crippen molar-refractivity contribution in [3.63, 3.8) is 0 Å². The van der Waals surface area contributed by atoms with Crippen LogP contribution in [0.2, 0.25) is 0 Å². The van der Waals surface area contributed by atoms with E-state index in [4.69, 9.17) is 4.74 Å². The summed E-state index contributed by atoms with van der Waals surface area (Å²) in [6, 6.07) is 15.5. The van der Waals surface area contributed by atoms with Crippen LogP contribution in [0.25, 0.3) is 0 Å². The van der Waals surface area contributed by atoms with E-state index in [9.17, 15) is 9.59 Å². The largest absolute Gasteiger partial charge is 0.497 e. The molecule has 0 spiro atoms. The quantitative estimate of drug-likeness (QED) is 0.541. The average Bonchev–Trinajstić information content (AvgIpc) is 2.78. The van der Waals surface area contributed by atoms with Crippen LogP contribution in [0.15, 0.2) is 48.5 Å². The standard InChI is InChI=1S/C23H30N4O3/c1-18-4-6-19(7-5-18)25-23(29)22(28)24-12-3-13-26-14-16-27(17-15-26)20-8-10-21(30-2)11-9-20/h4-11H,3,12-17H2,1-2H3,(H,24,28)(H,25,29). The molecule has 0 saturated carbocycles. The van der Waals surface area contributed by atoms with Gasteiger partial charge in [0.25, 0.3) is 0 Å². The Hall–Kier alpha value is -3.06. The number of benzene rings is 2. The van der Waals surface area contributed by atoms with E-state index in [2.05, 4.69) is 32.6 Å². The fourth-order valence-electron chi connectivity index (χ4n) is 3.43. The van der Waals surface area contributed by atoms with Gasteiger partial charge in [-0.15, -0.1) is 0 Å². The van der Waals surface area contributed by atoms with E-state index >= 15 is 0 Å². The zero-order valence-electron chi connectivity index (χ0n) is 17.7. The predicted molar refractivity (Wildman–Crippen MR) is 119 cm³/mol. The fraction of sp³-hybridized carbons (Fsp3) is 0.391. The highest BCUT2D eigenvalue weighted by atomic mass is 16.5. The number of anilines is 2. The van der Waals surface area contributed by atoms with Gasteiger partial charge in [0.1, 0.15) is 5.75 Å². The molecule has 30 heavy (non-hydrogen) atoms. The van der Waals surface area contributed by atoms with Crippen molar-refractivity contribution in [1.82, 2.24) is 10.2 Å². The molecule has 2 N–H and O–H groups in total. The topological polar surface area (TPSA) is 73.9 Å². The fourth-order valence-corrected chi connectivity index (χ4v) is 3.43. The molecule has 1 heterocycles. The van der Waals surface area contributed by atoms with E-state index in [0.29, 0.717) is 12.2 Å². The van der Waals surface area contributed by atoms with Gasteiger partial charge in [-0.05, 0) is 56.3 Å². The number of carbonyl (C=O) groups is 2. The Labute approximate surface area is 178 Å². The maximum atomic E-state index is 12.0. The van der Waals surface area contributed by atoms with E-state index in [1.54, 1.807) is 19.2 Å². The molecule has 1 aliphatic rings. The lowest BCUT2D eigenvalue weighted by molar-refractivity contribution is -0.136. The number of carbonyl (C=O) groups excluding carboxylic acids is 2.